The van der Waals surface area contributed by atoms with Crippen LogP contribution in [-0.4, -0.2) is 42.2 Å². The van der Waals surface area contributed by atoms with Crippen LogP contribution in [0.4, 0.5) is 5.00 Å². The van der Waals surface area contributed by atoms with Crippen molar-refractivity contribution in [3.63, 3.8) is 0 Å². The van der Waals surface area contributed by atoms with E-state index in [2.05, 4.69) is 20.6 Å². The highest BCUT2D eigenvalue weighted by Gasteiger charge is 2.25. The Morgan fingerprint density at radius 1 is 1.27 bits per heavy atom. The Morgan fingerprint density at radius 3 is 2.73 bits per heavy atom. The third-order valence-corrected chi connectivity index (χ3v) is 7.00. The van der Waals surface area contributed by atoms with E-state index in [4.69, 9.17) is 11.6 Å². The SMILES string of the molecule is Cc1cc(C)n(-c2nnc(SCC(=O)Nc3sc4c(c3C(N)=O)CCCC4)n2N)n1. The molecule has 30 heavy (non-hydrogen) atoms. The molecule has 1 aliphatic rings. The number of nitrogens with zero attached hydrogens (tertiary/aromatic N) is 5. The van der Waals surface area contributed by atoms with E-state index in [9.17, 15) is 9.59 Å². The van der Waals surface area contributed by atoms with E-state index < -0.39 is 5.91 Å². The number of fused-ring (bicyclic) bond motifs is 1. The van der Waals surface area contributed by atoms with E-state index >= 15 is 0 Å². The van der Waals surface area contributed by atoms with Crippen LogP contribution >= 0.6 is 23.1 Å². The monoisotopic (exact) mass is 446 g/mol. The van der Waals surface area contributed by atoms with Crippen LogP contribution in [0.5, 0.6) is 0 Å². The Hall–Kier alpha value is -2.86. The Balaban J connectivity index is 1.46. The number of nitrogens with one attached hydrogen (secondary N) is 1. The fourth-order valence-corrected chi connectivity index (χ4v) is 5.51. The molecule has 0 saturated heterocycles. The minimum Gasteiger partial charge on any atom is -0.365 e. The van der Waals surface area contributed by atoms with Crippen molar-refractivity contribution < 1.29 is 9.59 Å². The largest absolute Gasteiger partial charge is 0.365 e. The molecule has 0 radical (unpaired) electrons. The molecule has 0 fully saturated rings. The summed E-state index contributed by atoms with van der Waals surface area (Å²) in [6.45, 7) is 3.77. The number of rotatable bonds is 6. The minimum absolute atomic E-state index is 0.0627. The van der Waals surface area contributed by atoms with Gasteiger partial charge >= 0.3 is 0 Å². The molecule has 0 bridgehead atoms. The van der Waals surface area contributed by atoms with Crippen LogP contribution in [-0.2, 0) is 17.6 Å². The standard InChI is InChI=1S/C18H22N8O2S2/c1-9-7-10(2)26(24-9)17-22-23-18(25(17)20)29-8-13(27)21-16-14(15(19)28)11-5-3-4-6-12(11)30-16/h7H,3-6,8,20H2,1-2H3,(H2,19,28)(H,21,27). The number of aromatic nitrogens is 5. The maximum atomic E-state index is 12.5. The van der Waals surface area contributed by atoms with Crippen LogP contribution < -0.4 is 16.9 Å². The van der Waals surface area contributed by atoms with Gasteiger partial charge in [-0.2, -0.15) is 5.10 Å². The molecule has 0 aliphatic heterocycles. The molecule has 0 unspecified atom stereocenters. The number of primary amides is 1. The number of carbonyl (C=O) groups is 2. The molecule has 5 N–H and O–H groups in total. The van der Waals surface area contributed by atoms with Gasteiger partial charge < -0.3 is 16.9 Å². The lowest BCUT2D eigenvalue weighted by atomic mass is 9.95. The first kappa shape index (κ1) is 20.4. The third-order valence-electron chi connectivity index (χ3n) is 4.85. The molecule has 3 heterocycles. The Labute approximate surface area is 181 Å². The summed E-state index contributed by atoms with van der Waals surface area (Å²) in [6.07, 6.45) is 3.84. The zero-order valence-electron chi connectivity index (χ0n) is 16.6. The van der Waals surface area contributed by atoms with Gasteiger partial charge in [-0.05, 0) is 51.2 Å². The zero-order valence-corrected chi connectivity index (χ0v) is 18.3. The molecule has 12 heteroatoms. The van der Waals surface area contributed by atoms with Crippen molar-refractivity contribution in [2.45, 2.75) is 44.7 Å². The van der Waals surface area contributed by atoms with Crippen LogP contribution in [0.25, 0.3) is 5.95 Å². The number of thioether (sulfide) groups is 1. The molecule has 0 saturated carbocycles. The number of hydrogen-bond acceptors (Lipinski definition) is 8. The van der Waals surface area contributed by atoms with Gasteiger partial charge in [-0.3, -0.25) is 9.59 Å². The molecule has 3 aromatic heterocycles. The van der Waals surface area contributed by atoms with E-state index in [0.29, 0.717) is 21.7 Å². The normalized spacial score (nSPS) is 13.3. The highest BCUT2D eigenvalue weighted by Crippen LogP contribution is 2.38. The van der Waals surface area contributed by atoms with Gasteiger partial charge in [0.05, 0.1) is 17.0 Å². The molecule has 1 aliphatic carbocycles. The Kier molecular flexibility index (Phi) is 5.52. The van der Waals surface area contributed by atoms with Crippen molar-refractivity contribution in [3.8, 4) is 5.95 Å². The number of carbonyl (C=O) groups excluding carboxylic acids is 2. The van der Waals surface area contributed by atoms with E-state index in [1.54, 1.807) is 4.68 Å². The van der Waals surface area contributed by atoms with E-state index in [1.807, 2.05) is 19.9 Å². The smallest absolute Gasteiger partial charge is 0.271 e. The van der Waals surface area contributed by atoms with Gasteiger partial charge in [-0.15, -0.1) is 21.5 Å². The summed E-state index contributed by atoms with van der Waals surface area (Å²) in [7, 11) is 0. The average molecular weight is 447 g/mol. The van der Waals surface area contributed by atoms with Crippen molar-refractivity contribution in [3.05, 3.63) is 33.5 Å². The number of thiophene rings is 1. The number of hydrogen-bond donors (Lipinski definition) is 3. The second-order valence-corrected chi connectivity index (χ2v) is 9.16. The van der Waals surface area contributed by atoms with E-state index in [1.165, 1.54) is 16.0 Å². The Bertz CT molecular complexity index is 1130. The number of nitrogen functional groups attached to an aromatic ring is 1. The molecular weight excluding hydrogens is 424 g/mol. The maximum Gasteiger partial charge on any atom is 0.271 e. The summed E-state index contributed by atoms with van der Waals surface area (Å²) in [5, 5.41) is 16.2. The number of amides is 2. The minimum atomic E-state index is -0.506. The van der Waals surface area contributed by atoms with E-state index in [0.717, 1.165) is 59.3 Å². The highest BCUT2D eigenvalue weighted by atomic mass is 32.2. The molecule has 0 spiro atoms. The topological polar surface area (TPSA) is 147 Å². The van der Waals surface area contributed by atoms with Gasteiger partial charge in [0.2, 0.25) is 11.1 Å². The fraction of sp³-hybridized carbons (Fsp3) is 0.389. The van der Waals surface area contributed by atoms with Gasteiger partial charge in [0.25, 0.3) is 11.9 Å². The molecular formula is C18H22N8O2S2. The zero-order chi connectivity index (χ0) is 21.4. The molecule has 4 rings (SSSR count). The van der Waals surface area contributed by atoms with Crippen molar-refractivity contribution in [1.29, 1.82) is 0 Å². The van der Waals surface area contributed by atoms with Crippen molar-refractivity contribution in [1.82, 2.24) is 24.7 Å². The number of anilines is 1. The predicted octanol–water partition coefficient (Wildman–Crippen LogP) is 1.56. The lowest BCUT2D eigenvalue weighted by Crippen LogP contribution is -2.20. The molecule has 10 nitrogen and oxygen atoms in total. The predicted molar refractivity (Wildman–Crippen MR) is 116 cm³/mol. The second-order valence-electron chi connectivity index (χ2n) is 7.11. The lowest BCUT2D eigenvalue weighted by Gasteiger charge is -2.11. The van der Waals surface area contributed by atoms with Crippen molar-refractivity contribution >= 4 is 39.9 Å². The maximum absolute atomic E-state index is 12.5. The fourth-order valence-electron chi connectivity index (χ4n) is 3.55. The quantitative estimate of drug-likeness (QED) is 0.384. The van der Waals surface area contributed by atoms with Crippen LogP contribution in [0.3, 0.4) is 0 Å². The molecule has 3 aromatic rings. The van der Waals surface area contributed by atoms with Crippen molar-refractivity contribution in [2.75, 3.05) is 16.9 Å². The third kappa shape index (κ3) is 3.79. The lowest BCUT2D eigenvalue weighted by molar-refractivity contribution is -0.113. The van der Waals surface area contributed by atoms with Gasteiger partial charge in [0.1, 0.15) is 5.00 Å². The first-order valence-electron chi connectivity index (χ1n) is 9.46. The van der Waals surface area contributed by atoms with Gasteiger partial charge in [0.15, 0.2) is 0 Å². The average Bonchev–Trinajstić information content (AvgIpc) is 3.34. The Morgan fingerprint density at radius 2 is 2.03 bits per heavy atom. The van der Waals surface area contributed by atoms with Crippen LogP contribution in [0.15, 0.2) is 11.2 Å². The molecule has 2 amide bonds. The van der Waals surface area contributed by atoms with Crippen molar-refractivity contribution in [2.24, 2.45) is 5.73 Å². The summed E-state index contributed by atoms with van der Waals surface area (Å²) in [6, 6.07) is 1.91. The summed E-state index contributed by atoms with van der Waals surface area (Å²) < 4.78 is 2.90. The summed E-state index contributed by atoms with van der Waals surface area (Å²) in [5.74, 6) is 5.76. The summed E-state index contributed by atoms with van der Waals surface area (Å²) in [4.78, 5) is 25.6. The summed E-state index contributed by atoms with van der Waals surface area (Å²) in [5.41, 5.74) is 8.73. The molecule has 0 aromatic carbocycles. The number of aryl methyl sites for hydroxylation is 3. The summed E-state index contributed by atoms with van der Waals surface area (Å²) >= 11 is 2.59. The van der Waals surface area contributed by atoms with Gasteiger partial charge in [-0.1, -0.05) is 11.8 Å². The van der Waals surface area contributed by atoms with Gasteiger partial charge in [-0.25, -0.2) is 9.36 Å². The van der Waals surface area contributed by atoms with Gasteiger partial charge in [0, 0.05) is 10.6 Å². The highest BCUT2D eigenvalue weighted by molar-refractivity contribution is 7.99. The second kappa shape index (κ2) is 8.11. The number of nitrogens with two attached hydrogens (primary N) is 2. The molecule has 158 valence electrons. The molecule has 0 atom stereocenters. The first-order chi connectivity index (χ1) is 14.3. The van der Waals surface area contributed by atoms with Crippen LogP contribution in [0.1, 0.15) is 45.0 Å². The van der Waals surface area contributed by atoms with E-state index in [-0.39, 0.29) is 11.7 Å². The van der Waals surface area contributed by atoms with Crippen LogP contribution in [0.2, 0.25) is 0 Å². The van der Waals surface area contributed by atoms with Crippen LogP contribution in [0, 0.1) is 13.8 Å². The first-order valence-corrected chi connectivity index (χ1v) is 11.3.